The number of carbonyl (C=O) groups excluding carboxylic acids is 1. The third-order valence-corrected chi connectivity index (χ3v) is 7.08. The number of hydrogen-bond donors (Lipinski definition) is 1. The Hall–Kier alpha value is -1.44. The molecule has 7 nitrogen and oxygen atoms in total. The van der Waals surface area contributed by atoms with E-state index in [0.717, 1.165) is 44.1 Å². The molecule has 0 amide bonds. The highest BCUT2D eigenvalue weighted by molar-refractivity contribution is 5.88. The van der Waals surface area contributed by atoms with Gasteiger partial charge in [-0.25, -0.2) is 4.79 Å². The second kappa shape index (κ2) is 10.7. The van der Waals surface area contributed by atoms with E-state index in [1.807, 2.05) is 6.92 Å². The highest BCUT2D eigenvalue weighted by Crippen LogP contribution is 2.29. The summed E-state index contributed by atoms with van der Waals surface area (Å²) in [5.74, 6) is 0.397. The van der Waals surface area contributed by atoms with E-state index in [4.69, 9.17) is 9.47 Å². The van der Waals surface area contributed by atoms with E-state index in [1.54, 1.807) is 6.20 Å². The van der Waals surface area contributed by atoms with Gasteiger partial charge in [-0.05, 0) is 64.5 Å². The number of ether oxygens (including phenoxy) is 2. The van der Waals surface area contributed by atoms with Gasteiger partial charge in [0.05, 0.1) is 18.9 Å². The van der Waals surface area contributed by atoms with Gasteiger partial charge in [-0.1, -0.05) is 12.8 Å². The van der Waals surface area contributed by atoms with E-state index >= 15 is 0 Å². The standard InChI is InChI=1S/C23H38N4O3/c1-2-29-23(28)22-19(14-24-25-22)16-26(17-21-8-5-13-30-21)15-18-9-11-27(12-10-18)20-6-3-4-7-20/h14,18,20-21H,2-13,15-17H2,1H3,(H,24,25)/t21-/m1/s1. The number of piperidine rings is 1. The molecule has 30 heavy (non-hydrogen) atoms. The molecule has 3 aliphatic rings. The molecule has 2 saturated heterocycles. The Morgan fingerprint density at radius 3 is 2.70 bits per heavy atom. The molecule has 1 atom stereocenters. The predicted octanol–water partition coefficient (Wildman–Crippen LogP) is 3.22. The minimum atomic E-state index is -0.313. The Kier molecular flexibility index (Phi) is 7.79. The first kappa shape index (κ1) is 21.8. The molecule has 3 heterocycles. The molecule has 1 saturated carbocycles. The maximum atomic E-state index is 12.3. The third kappa shape index (κ3) is 5.62. The molecule has 7 heteroatoms. The molecule has 0 aromatic carbocycles. The average molecular weight is 419 g/mol. The summed E-state index contributed by atoms with van der Waals surface area (Å²) in [6, 6.07) is 0.840. The summed E-state index contributed by atoms with van der Waals surface area (Å²) in [5.41, 5.74) is 1.42. The first-order chi connectivity index (χ1) is 14.7. The molecule has 1 aliphatic carbocycles. The van der Waals surface area contributed by atoms with Crippen LogP contribution < -0.4 is 0 Å². The summed E-state index contributed by atoms with van der Waals surface area (Å²) in [7, 11) is 0. The van der Waals surface area contributed by atoms with Gasteiger partial charge in [0.15, 0.2) is 0 Å². The first-order valence-corrected chi connectivity index (χ1v) is 12.0. The van der Waals surface area contributed by atoms with E-state index in [9.17, 15) is 4.79 Å². The molecule has 4 rings (SSSR count). The lowest BCUT2D eigenvalue weighted by Crippen LogP contribution is -2.43. The van der Waals surface area contributed by atoms with Gasteiger partial charge in [0.25, 0.3) is 0 Å². The van der Waals surface area contributed by atoms with Crippen LogP contribution in [0.1, 0.15) is 74.3 Å². The van der Waals surface area contributed by atoms with Gasteiger partial charge in [0.1, 0.15) is 5.69 Å². The van der Waals surface area contributed by atoms with Crippen LogP contribution in [0, 0.1) is 5.92 Å². The second-order valence-corrected chi connectivity index (χ2v) is 9.24. The molecular weight excluding hydrogens is 380 g/mol. The van der Waals surface area contributed by atoms with Crippen molar-refractivity contribution in [2.45, 2.75) is 77.0 Å². The van der Waals surface area contributed by atoms with Crippen molar-refractivity contribution in [3.8, 4) is 0 Å². The molecule has 2 aliphatic heterocycles. The number of aromatic amines is 1. The third-order valence-electron chi connectivity index (χ3n) is 7.08. The lowest BCUT2D eigenvalue weighted by atomic mass is 9.94. The van der Waals surface area contributed by atoms with Crippen molar-refractivity contribution in [1.29, 1.82) is 0 Å². The van der Waals surface area contributed by atoms with Crippen LogP contribution in [0.15, 0.2) is 6.20 Å². The fourth-order valence-electron chi connectivity index (χ4n) is 5.47. The summed E-state index contributed by atoms with van der Waals surface area (Å²) < 4.78 is 11.1. The van der Waals surface area contributed by atoms with Crippen LogP contribution in [0.2, 0.25) is 0 Å². The SMILES string of the molecule is CCOC(=O)c1[nH]ncc1CN(CC1CCN(C2CCCC2)CC1)C[C@H]1CCCO1. The first-order valence-electron chi connectivity index (χ1n) is 12.0. The monoisotopic (exact) mass is 418 g/mol. The average Bonchev–Trinajstić information content (AvgIpc) is 3.52. The van der Waals surface area contributed by atoms with Crippen molar-refractivity contribution in [3.05, 3.63) is 17.5 Å². The topological polar surface area (TPSA) is 70.7 Å². The summed E-state index contributed by atoms with van der Waals surface area (Å²) in [5, 5.41) is 6.96. The van der Waals surface area contributed by atoms with Crippen molar-refractivity contribution < 1.29 is 14.3 Å². The molecular formula is C23H38N4O3. The van der Waals surface area contributed by atoms with E-state index in [2.05, 4.69) is 20.0 Å². The van der Waals surface area contributed by atoms with Crippen LogP contribution in [-0.4, -0.2) is 77.5 Å². The van der Waals surface area contributed by atoms with Crippen LogP contribution >= 0.6 is 0 Å². The molecule has 0 radical (unpaired) electrons. The molecule has 3 fully saturated rings. The Bertz CT molecular complexity index is 659. The highest BCUT2D eigenvalue weighted by atomic mass is 16.5. The Balaban J connectivity index is 1.36. The van der Waals surface area contributed by atoms with Gasteiger partial charge >= 0.3 is 5.97 Å². The fraction of sp³-hybridized carbons (Fsp3) is 0.826. The van der Waals surface area contributed by atoms with E-state index in [1.165, 1.54) is 51.6 Å². The summed E-state index contributed by atoms with van der Waals surface area (Å²) in [4.78, 5) is 17.5. The lowest BCUT2D eigenvalue weighted by Gasteiger charge is -2.38. The number of nitrogens with zero attached hydrogens (tertiary/aromatic N) is 3. The van der Waals surface area contributed by atoms with Gasteiger partial charge < -0.3 is 14.4 Å². The molecule has 0 bridgehead atoms. The van der Waals surface area contributed by atoms with Crippen molar-refractivity contribution in [2.24, 2.45) is 5.92 Å². The van der Waals surface area contributed by atoms with Crippen LogP contribution in [0.25, 0.3) is 0 Å². The molecule has 1 N–H and O–H groups in total. The number of nitrogens with one attached hydrogen (secondary N) is 1. The van der Waals surface area contributed by atoms with Gasteiger partial charge in [0, 0.05) is 37.8 Å². The van der Waals surface area contributed by atoms with Crippen LogP contribution in [0.4, 0.5) is 0 Å². The van der Waals surface area contributed by atoms with Crippen LogP contribution in [0.5, 0.6) is 0 Å². The van der Waals surface area contributed by atoms with Crippen LogP contribution in [-0.2, 0) is 16.0 Å². The van der Waals surface area contributed by atoms with Crippen LogP contribution in [0.3, 0.4) is 0 Å². The lowest BCUT2D eigenvalue weighted by molar-refractivity contribution is 0.0499. The Morgan fingerprint density at radius 2 is 2.00 bits per heavy atom. The summed E-state index contributed by atoms with van der Waals surface area (Å²) in [6.45, 7) is 8.26. The largest absolute Gasteiger partial charge is 0.461 e. The minimum absolute atomic E-state index is 0.307. The second-order valence-electron chi connectivity index (χ2n) is 9.24. The Morgan fingerprint density at radius 1 is 1.20 bits per heavy atom. The molecule has 0 spiro atoms. The number of likely N-dealkylation sites (tertiary alicyclic amines) is 1. The van der Waals surface area contributed by atoms with Crippen molar-refractivity contribution in [2.75, 3.05) is 39.4 Å². The molecule has 1 aromatic rings. The van der Waals surface area contributed by atoms with E-state index in [0.29, 0.717) is 30.9 Å². The number of carbonyl (C=O) groups is 1. The van der Waals surface area contributed by atoms with Gasteiger partial charge in [-0.15, -0.1) is 0 Å². The Labute approximate surface area is 180 Å². The zero-order chi connectivity index (χ0) is 20.8. The fourth-order valence-corrected chi connectivity index (χ4v) is 5.47. The number of rotatable bonds is 9. The molecule has 168 valence electrons. The quantitative estimate of drug-likeness (QED) is 0.621. The highest BCUT2D eigenvalue weighted by Gasteiger charge is 2.29. The zero-order valence-electron chi connectivity index (χ0n) is 18.5. The number of H-pyrrole nitrogens is 1. The van der Waals surface area contributed by atoms with Gasteiger partial charge in [0.2, 0.25) is 0 Å². The summed E-state index contributed by atoms with van der Waals surface area (Å²) in [6.07, 6.45) is 12.5. The number of esters is 1. The maximum Gasteiger partial charge on any atom is 0.356 e. The number of aromatic nitrogens is 2. The van der Waals surface area contributed by atoms with Gasteiger partial charge in [-0.2, -0.15) is 5.10 Å². The van der Waals surface area contributed by atoms with E-state index < -0.39 is 0 Å². The van der Waals surface area contributed by atoms with Crippen molar-refractivity contribution in [1.82, 2.24) is 20.0 Å². The maximum absolute atomic E-state index is 12.3. The van der Waals surface area contributed by atoms with Crippen molar-refractivity contribution in [3.63, 3.8) is 0 Å². The van der Waals surface area contributed by atoms with Crippen molar-refractivity contribution >= 4 is 5.97 Å². The smallest absolute Gasteiger partial charge is 0.356 e. The normalized spacial score (nSPS) is 24.1. The minimum Gasteiger partial charge on any atom is -0.461 e. The van der Waals surface area contributed by atoms with Gasteiger partial charge in [-0.3, -0.25) is 10.00 Å². The number of hydrogen-bond acceptors (Lipinski definition) is 6. The predicted molar refractivity (Wildman–Crippen MR) is 115 cm³/mol. The molecule has 0 unspecified atom stereocenters. The zero-order valence-corrected chi connectivity index (χ0v) is 18.5. The molecule has 1 aromatic heterocycles. The van der Waals surface area contributed by atoms with E-state index in [-0.39, 0.29) is 5.97 Å². The summed E-state index contributed by atoms with van der Waals surface area (Å²) >= 11 is 0.